The fraction of sp³-hybridized carbons (Fsp3) is 0.750. The van der Waals surface area contributed by atoms with Crippen molar-refractivity contribution in [2.45, 2.75) is 51.5 Å². The molecule has 2 rings (SSSR count). The second-order valence-electron chi connectivity index (χ2n) is 8.29. The molecule has 1 fully saturated rings. The quantitative estimate of drug-likeness (QED) is 0.473. The summed E-state index contributed by atoms with van der Waals surface area (Å²) in [5.41, 5.74) is 0. The van der Waals surface area contributed by atoms with Gasteiger partial charge in [0.15, 0.2) is 15.8 Å². The standard InChI is InChI=1S/C20H36N4O3S2/c1-6-21-19(22-9-13-29(25,26)20(3,4)5)23-14-17(18-8-7-12-28-18)24-10-11-27-16(2)15-24/h7-8,12,16-17H,6,9-11,13-15H2,1-5H3,(H2,21,22,23). The third-order valence-corrected chi connectivity index (χ3v) is 8.53. The molecule has 1 saturated heterocycles. The van der Waals surface area contributed by atoms with E-state index in [1.807, 2.05) is 6.92 Å². The first kappa shape index (κ1) is 24.1. The van der Waals surface area contributed by atoms with Crippen LogP contribution in [-0.4, -0.2) is 75.2 Å². The van der Waals surface area contributed by atoms with Gasteiger partial charge >= 0.3 is 0 Å². The summed E-state index contributed by atoms with van der Waals surface area (Å²) in [6.45, 7) is 13.5. The largest absolute Gasteiger partial charge is 0.376 e. The summed E-state index contributed by atoms with van der Waals surface area (Å²) in [6, 6.07) is 4.41. The van der Waals surface area contributed by atoms with Crippen molar-refractivity contribution in [3.8, 4) is 0 Å². The van der Waals surface area contributed by atoms with Gasteiger partial charge in [0.1, 0.15) is 0 Å². The second kappa shape index (κ2) is 10.7. The van der Waals surface area contributed by atoms with E-state index in [0.29, 0.717) is 19.0 Å². The molecule has 1 aliphatic rings. The van der Waals surface area contributed by atoms with Gasteiger partial charge < -0.3 is 15.4 Å². The van der Waals surface area contributed by atoms with Gasteiger partial charge in [-0.3, -0.25) is 9.89 Å². The molecule has 0 amide bonds. The molecular formula is C20H36N4O3S2. The van der Waals surface area contributed by atoms with Crippen LogP contribution in [0.25, 0.3) is 0 Å². The van der Waals surface area contributed by atoms with E-state index in [4.69, 9.17) is 9.73 Å². The Morgan fingerprint density at radius 2 is 2.17 bits per heavy atom. The van der Waals surface area contributed by atoms with Crippen molar-refractivity contribution >= 4 is 27.1 Å². The Labute approximate surface area is 179 Å². The summed E-state index contributed by atoms with van der Waals surface area (Å²) >= 11 is 1.74. The van der Waals surface area contributed by atoms with E-state index >= 15 is 0 Å². The number of aliphatic imine (C=N–C) groups is 1. The molecule has 166 valence electrons. The molecule has 29 heavy (non-hydrogen) atoms. The number of morpholine rings is 1. The van der Waals surface area contributed by atoms with E-state index in [-0.39, 0.29) is 17.9 Å². The van der Waals surface area contributed by atoms with Gasteiger partial charge in [0.2, 0.25) is 0 Å². The lowest BCUT2D eigenvalue weighted by atomic mass is 10.1. The number of guanidine groups is 1. The van der Waals surface area contributed by atoms with Crippen molar-refractivity contribution < 1.29 is 13.2 Å². The maximum absolute atomic E-state index is 12.3. The summed E-state index contributed by atoms with van der Waals surface area (Å²) in [4.78, 5) is 8.49. The van der Waals surface area contributed by atoms with Gasteiger partial charge in [0.05, 0.1) is 35.8 Å². The Kier molecular flexibility index (Phi) is 8.93. The predicted octanol–water partition coefficient (Wildman–Crippen LogP) is 2.28. The predicted molar refractivity (Wildman–Crippen MR) is 122 cm³/mol. The lowest BCUT2D eigenvalue weighted by Gasteiger charge is -2.36. The number of rotatable bonds is 8. The zero-order valence-electron chi connectivity index (χ0n) is 18.3. The topological polar surface area (TPSA) is 83.0 Å². The van der Waals surface area contributed by atoms with Crippen molar-refractivity contribution in [1.29, 1.82) is 0 Å². The molecule has 1 aromatic heterocycles. The van der Waals surface area contributed by atoms with Crippen LogP contribution in [0.5, 0.6) is 0 Å². The highest BCUT2D eigenvalue weighted by Gasteiger charge is 2.29. The second-order valence-corrected chi connectivity index (χ2v) is 12.1. The molecule has 0 aliphatic carbocycles. The van der Waals surface area contributed by atoms with Gasteiger partial charge in [-0.25, -0.2) is 8.42 Å². The van der Waals surface area contributed by atoms with Crippen LogP contribution in [0.1, 0.15) is 45.5 Å². The minimum atomic E-state index is -3.16. The number of nitrogens with zero attached hydrogens (tertiary/aromatic N) is 2. The van der Waals surface area contributed by atoms with E-state index in [9.17, 15) is 8.42 Å². The van der Waals surface area contributed by atoms with Crippen molar-refractivity contribution in [3.63, 3.8) is 0 Å². The molecule has 0 bridgehead atoms. The fourth-order valence-electron chi connectivity index (χ4n) is 3.12. The Morgan fingerprint density at radius 3 is 2.76 bits per heavy atom. The van der Waals surface area contributed by atoms with E-state index in [0.717, 1.165) is 26.2 Å². The van der Waals surface area contributed by atoms with Crippen LogP contribution < -0.4 is 10.6 Å². The molecule has 9 heteroatoms. The van der Waals surface area contributed by atoms with Crippen LogP contribution in [0.4, 0.5) is 0 Å². The number of hydrogen-bond donors (Lipinski definition) is 2. The van der Waals surface area contributed by atoms with Gasteiger partial charge in [0.25, 0.3) is 0 Å². The normalized spacial score (nSPS) is 20.4. The summed E-state index contributed by atoms with van der Waals surface area (Å²) in [5.74, 6) is 0.732. The van der Waals surface area contributed by atoms with Crippen LogP contribution in [0.2, 0.25) is 0 Å². The van der Waals surface area contributed by atoms with E-state index in [1.165, 1.54) is 4.88 Å². The fourth-order valence-corrected chi connectivity index (χ4v) is 4.96. The molecule has 2 unspecified atom stereocenters. The van der Waals surface area contributed by atoms with Gasteiger partial charge in [0, 0.05) is 31.1 Å². The molecule has 1 aliphatic heterocycles. The van der Waals surface area contributed by atoms with Crippen LogP contribution in [0.15, 0.2) is 22.5 Å². The average Bonchev–Trinajstić information content (AvgIpc) is 3.15. The summed E-state index contributed by atoms with van der Waals surface area (Å²) in [7, 11) is -3.16. The number of sulfone groups is 1. The molecule has 2 N–H and O–H groups in total. The summed E-state index contributed by atoms with van der Waals surface area (Å²) in [5, 5.41) is 8.50. The monoisotopic (exact) mass is 444 g/mol. The lowest BCUT2D eigenvalue weighted by molar-refractivity contribution is -0.0327. The first-order chi connectivity index (χ1) is 13.6. The smallest absolute Gasteiger partial charge is 0.191 e. The number of thiophene rings is 1. The Balaban J connectivity index is 2.05. The molecular weight excluding hydrogens is 408 g/mol. The molecule has 0 saturated carbocycles. The van der Waals surface area contributed by atoms with Crippen molar-refractivity contribution in [1.82, 2.24) is 15.5 Å². The van der Waals surface area contributed by atoms with Gasteiger partial charge in [-0.05, 0) is 46.1 Å². The Bertz CT molecular complexity index is 742. The first-order valence-electron chi connectivity index (χ1n) is 10.3. The number of nitrogens with one attached hydrogen (secondary N) is 2. The lowest BCUT2D eigenvalue weighted by Crippen LogP contribution is -2.45. The highest BCUT2D eigenvalue weighted by atomic mass is 32.2. The third kappa shape index (κ3) is 7.24. The van der Waals surface area contributed by atoms with Gasteiger partial charge in [-0.15, -0.1) is 11.3 Å². The highest BCUT2D eigenvalue weighted by molar-refractivity contribution is 7.92. The zero-order valence-corrected chi connectivity index (χ0v) is 19.9. The maximum Gasteiger partial charge on any atom is 0.191 e. The molecule has 2 heterocycles. The van der Waals surface area contributed by atoms with E-state index < -0.39 is 14.6 Å². The van der Waals surface area contributed by atoms with Crippen molar-refractivity contribution in [3.05, 3.63) is 22.4 Å². The van der Waals surface area contributed by atoms with Crippen LogP contribution >= 0.6 is 11.3 Å². The Hall–Kier alpha value is -1.16. The van der Waals surface area contributed by atoms with E-state index in [1.54, 1.807) is 32.1 Å². The zero-order chi connectivity index (χ0) is 21.5. The average molecular weight is 445 g/mol. The third-order valence-electron chi connectivity index (χ3n) is 4.95. The number of hydrogen-bond acceptors (Lipinski definition) is 6. The van der Waals surface area contributed by atoms with Crippen LogP contribution in [0, 0.1) is 0 Å². The molecule has 7 nitrogen and oxygen atoms in total. The minimum absolute atomic E-state index is 0.0796. The SMILES string of the molecule is CCNC(=NCC(c1cccs1)N1CCOC(C)C1)NCCS(=O)(=O)C(C)(C)C. The van der Waals surface area contributed by atoms with Gasteiger partial charge in [-0.1, -0.05) is 6.07 Å². The molecule has 0 radical (unpaired) electrons. The van der Waals surface area contributed by atoms with Crippen LogP contribution in [0.3, 0.4) is 0 Å². The minimum Gasteiger partial charge on any atom is -0.376 e. The van der Waals surface area contributed by atoms with Gasteiger partial charge in [-0.2, -0.15) is 0 Å². The van der Waals surface area contributed by atoms with E-state index in [2.05, 4.69) is 40.0 Å². The summed E-state index contributed by atoms with van der Waals surface area (Å²) < 4.78 is 29.6. The highest BCUT2D eigenvalue weighted by Crippen LogP contribution is 2.27. The molecule has 0 spiro atoms. The molecule has 0 aromatic carbocycles. The van der Waals surface area contributed by atoms with Crippen molar-refractivity contribution in [2.75, 3.05) is 45.1 Å². The van der Waals surface area contributed by atoms with Crippen molar-refractivity contribution in [2.24, 2.45) is 4.99 Å². The molecule has 1 aromatic rings. The Morgan fingerprint density at radius 1 is 1.41 bits per heavy atom. The molecule has 2 atom stereocenters. The van der Waals surface area contributed by atoms with Crippen LogP contribution in [-0.2, 0) is 14.6 Å². The number of ether oxygens (including phenoxy) is 1. The summed E-state index contributed by atoms with van der Waals surface area (Å²) in [6.07, 6.45) is 0.212. The maximum atomic E-state index is 12.3. The first-order valence-corrected chi connectivity index (χ1v) is 12.8.